The summed E-state index contributed by atoms with van der Waals surface area (Å²) >= 11 is 0. The molecule has 16 heavy (non-hydrogen) atoms. The maximum Gasteiger partial charge on any atom is 0.315 e. The predicted molar refractivity (Wildman–Crippen MR) is 49.7 cm³/mol. The fourth-order valence-corrected chi connectivity index (χ4v) is 1.17. The number of hydrogen-bond acceptors (Lipinski definition) is 7. The summed E-state index contributed by atoms with van der Waals surface area (Å²) in [6, 6.07) is 2.15. The molecule has 0 unspecified atom stereocenters. The summed E-state index contributed by atoms with van der Waals surface area (Å²) in [4.78, 5) is 13.4. The second-order valence-electron chi connectivity index (χ2n) is 2.88. The molecule has 0 amide bonds. The summed E-state index contributed by atoms with van der Waals surface area (Å²) in [5, 5.41) is 32.5. The summed E-state index contributed by atoms with van der Waals surface area (Å²) in [6.07, 6.45) is 1.05. The maximum atomic E-state index is 10.6. The molecule has 2 rings (SSSR count). The number of nitro benzene ring substituents is 1. The minimum absolute atomic E-state index is 0.0819. The molecule has 0 saturated carbocycles. The number of rotatable bonds is 2. The third-order valence-electron chi connectivity index (χ3n) is 1.89. The largest absolute Gasteiger partial charge is 0.504 e. The Balaban J connectivity index is 2.62. The number of phenols is 2. The van der Waals surface area contributed by atoms with Crippen molar-refractivity contribution in [2.45, 2.75) is 0 Å². The van der Waals surface area contributed by atoms with Crippen LogP contribution < -0.4 is 0 Å². The van der Waals surface area contributed by atoms with Gasteiger partial charge in [-0.3, -0.25) is 10.1 Å². The Morgan fingerprint density at radius 2 is 2.12 bits per heavy atom. The summed E-state index contributed by atoms with van der Waals surface area (Å²) in [5.41, 5.74) is -0.449. The predicted octanol–water partition coefficient (Wildman–Crippen LogP) is 1.06. The molecule has 1 aromatic heterocycles. The first-order valence-corrected chi connectivity index (χ1v) is 4.06. The van der Waals surface area contributed by atoms with Crippen molar-refractivity contribution in [3.8, 4) is 22.9 Å². The number of aromatic nitrogens is 2. The summed E-state index contributed by atoms with van der Waals surface area (Å²) in [5.74, 6) is -1.33. The van der Waals surface area contributed by atoms with E-state index in [2.05, 4.69) is 14.7 Å². The van der Waals surface area contributed by atoms with Gasteiger partial charge in [-0.25, -0.2) is 0 Å². The zero-order valence-electron chi connectivity index (χ0n) is 7.69. The normalized spacial score (nSPS) is 10.2. The summed E-state index contributed by atoms with van der Waals surface area (Å²) < 4.78 is 4.46. The first-order valence-electron chi connectivity index (χ1n) is 4.06. The Morgan fingerprint density at radius 3 is 2.69 bits per heavy atom. The van der Waals surface area contributed by atoms with Crippen molar-refractivity contribution in [3.05, 3.63) is 28.6 Å². The lowest BCUT2D eigenvalue weighted by Crippen LogP contribution is -1.90. The van der Waals surface area contributed by atoms with Crippen LogP contribution in [-0.4, -0.2) is 25.3 Å². The number of aromatic hydroxyl groups is 2. The molecule has 0 atom stereocenters. The van der Waals surface area contributed by atoms with E-state index in [1.165, 1.54) is 0 Å². The number of nitrogens with zero attached hydrogens (tertiary/aromatic N) is 3. The first-order chi connectivity index (χ1) is 7.59. The van der Waals surface area contributed by atoms with Crippen LogP contribution in [0.3, 0.4) is 0 Å². The van der Waals surface area contributed by atoms with E-state index in [9.17, 15) is 20.3 Å². The van der Waals surface area contributed by atoms with Gasteiger partial charge in [-0.05, 0) is 6.07 Å². The second kappa shape index (κ2) is 3.50. The van der Waals surface area contributed by atoms with Gasteiger partial charge in [-0.2, -0.15) is 4.98 Å². The van der Waals surface area contributed by atoms with Crippen LogP contribution in [-0.2, 0) is 0 Å². The van der Waals surface area contributed by atoms with E-state index in [-0.39, 0.29) is 11.4 Å². The molecule has 8 nitrogen and oxygen atoms in total. The van der Waals surface area contributed by atoms with Gasteiger partial charge in [0.15, 0.2) is 5.75 Å². The minimum atomic E-state index is -0.821. The van der Waals surface area contributed by atoms with Crippen LogP contribution >= 0.6 is 0 Å². The SMILES string of the molecule is O=[N+]([O-])c1cc(-c2ncon2)cc(O)c1O. The van der Waals surface area contributed by atoms with Crippen molar-refractivity contribution in [3.63, 3.8) is 0 Å². The molecule has 0 aliphatic heterocycles. The lowest BCUT2D eigenvalue weighted by molar-refractivity contribution is -0.385. The van der Waals surface area contributed by atoms with E-state index in [1.54, 1.807) is 0 Å². The number of nitro groups is 1. The Hall–Kier alpha value is -2.64. The van der Waals surface area contributed by atoms with Crippen molar-refractivity contribution in [1.29, 1.82) is 0 Å². The third kappa shape index (κ3) is 1.52. The van der Waals surface area contributed by atoms with Crippen molar-refractivity contribution in [1.82, 2.24) is 10.1 Å². The molecule has 1 aromatic carbocycles. The Labute approximate surface area is 87.9 Å². The fraction of sp³-hybridized carbons (Fsp3) is 0. The summed E-state index contributed by atoms with van der Waals surface area (Å²) in [6.45, 7) is 0. The number of benzene rings is 1. The topological polar surface area (TPSA) is 123 Å². The standard InChI is InChI=1S/C8H5N3O5/c12-6-2-4(8-9-3-16-10-8)1-5(7(6)13)11(14)15/h1-3,12-13H. The first kappa shape index (κ1) is 9.90. The van der Waals surface area contributed by atoms with Crippen molar-refractivity contribution < 1.29 is 19.7 Å². The van der Waals surface area contributed by atoms with Gasteiger partial charge in [0, 0.05) is 11.6 Å². The smallest absolute Gasteiger partial charge is 0.315 e. The lowest BCUT2D eigenvalue weighted by atomic mass is 10.1. The molecule has 2 N–H and O–H groups in total. The van der Waals surface area contributed by atoms with Crippen LogP contribution in [0.1, 0.15) is 0 Å². The maximum absolute atomic E-state index is 10.6. The van der Waals surface area contributed by atoms with Crippen molar-refractivity contribution >= 4 is 5.69 Å². The quantitative estimate of drug-likeness (QED) is 0.443. The highest BCUT2D eigenvalue weighted by atomic mass is 16.6. The molecule has 0 aliphatic carbocycles. The second-order valence-corrected chi connectivity index (χ2v) is 2.88. The fourth-order valence-electron chi connectivity index (χ4n) is 1.17. The molecule has 0 spiro atoms. The van der Waals surface area contributed by atoms with E-state index in [0.717, 1.165) is 18.5 Å². The van der Waals surface area contributed by atoms with E-state index in [0.29, 0.717) is 0 Å². The molecule has 0 radical (unpaired) electrons. The average molecular weight is 223 g/mol. The molecule has 82 valence electrons. The van der Waals surface area contributed by atoms with Crippen LogP contribution in [0, 0.1) is 10.1 Å². The molecular formula is C8H5N3O5. The van der Waals surface area contributed by atoms with E-state index >= 15 is 0 Å². The summed E-state index contributed by atoms with van der Waals surface area (Å²) in [7, 11) is 0. The number of phenolic OH excluding ortho intramolecular Hbond substituents is 2. The van der Waals surface area contributed by atoms with Crippen LogP contribution in [0.5, 0.6) is 11.5 Å². The van der Waals surface area contributed by atoms with Crippen LogP contribution in [0.2, 0.25) is 0 Å². The van der Waals surface area contributed by atoms with Gasteiger partial charge in [0.2, 0.25) is 18.0 Å². The van der Waals surface area contributed by atoms with E-state index in [4.69, 9.17) is 0 Å². The molecule has 0 bridgehead atoms. The Morgan fingerprint density at radius 1 is 1.38 bits per heavy atom. The van der Waals surface area contributed by atoms with Gasteiger partial charge in [0.05, 0.1) is 4.92 Å². The van der Waals surface area contributed by atoms with Gasteiger partial charge in [0.25, 0.3) is 0 Å². The van der Waals surface area contributed by atoms with Crippen molar-refractivity contribution in [2.24, 2.45) is 0 Å². The third-order valence-corrected chi connectivity index (χ3v) is 1.89. The molecule has 1 heterocycles. The Kier molecular flexibility index (Phi) is 2.16. The highest BCUT2D eigenvalue weighted by Gasteiger charge is 2.20. The minimum Gasteiger partial charge on any atom is -0.504 e. The number of hydrogen-bond donors (Lipinski definition) is 2. The molecular weight excluding hydrogens is 218 g/mol. The van der Waals surface area contributed by atoms with Gasteiger partial charge in [0.1, 0.15) is 0 Å². The van der Waals surface area contributed by atoms with E-state index < -0.39 is 22.1 Å². The molecule has 0 aliphatic rings. The average Bonchev–Trinajstić information content (AvgIpc) is 2.74. The highest BCUT2D eigenvalue weighted by molar-refractivity contribution is 5.67. The zero-order valence-corrected chi connectivity index (χ0v) is 7.69. The van der Waals surface area contributed by atoms with Crippen LogP contribution in [0.4, 0.5) is 5.69 Å². The lowest BCUT2D eigenvalue weighted by Gasteiger charge is -2.01. The van der Waals surface area contributed by atoms with Crippen LogP contribution in [0.25, 0.3) is 11.4 Å². The molecule has 0 saturated heterocycles. The molecule has 8 heteroatoms. The molecule has 2 aromatic rings. The monoisotopic (exact) mass is 223 g/mol. The highest BCUT2D eigenvalue weighted by Crippen LogP contribution is 2.38. The van der Waals surface area contributed by atoms with Gasteiger partial charge in [-0.15, -0.1) is 0 Å². The van der Waals surface area contributed by atoms with Gasteiger partial charge in [-0.1, -0.05) is 5.16 Å². The van der Waals surface area contributed by atoms with Crippen molar-refractivity contribution in [2.75, 3.05) is 0 Å². The van der Waals surface area contributed by atoms with Crippen LogP contribution in [0.15, 0.2) is 23.0 Å². The zero-order chi connectivity index (χ0) is 11.7. The molecule has 0 fully saturated rings. The van der Waals surface area contributed by atoms with Gasteiger partial charge >= 0.3 is 5.69 Å². The Bertz CT molecular complexity index is 537. The van der Waals surface area contributed by atoms with E-state index in [1.807, 2.05) is 0 Å². The van der Waals surface area contributed by atoms with Gasteiger partial charge < -0.3 is 14.7 Å².